The van der Waals surface area contributed by atoms with Gasteiger partial charge in [-0.05, 0) is 16.7 Å². The molecule has 3 aromatic rings. The maximum atomic E-state index is 12.1. The smallest absolute Gasteiger partial charge is 0.358 e. The van der Waals surface area contributed by atoms with Crippen molar-refractivity contribution in [1.29, 1.82) is 0 Å². The van der Waals surface area contributed by atoms with Crippen LogP contribution in [0.1, 0.15) is 21.9 Å². The molecule has 3 rings (SSSR count). The van der Waals surface area contributed by atoms with Crippen molar-refractivity contribution < 1.29 is 15.0 Å². The number of nitrogens with zero attached hydrogens (tertiary/aromatic N) is 2. The lowest BCUT2D eigenvalue weighted by atomic mass is 9.97. The average molecular weight is 336 g/mol. The highest BCUT2D eigenvalue weighted by Crippen LogP contribution is 2.25. The lowest BCUT2D eigenvalue weighted by molar-refractivity contribution is 0.0685. The molecular formula is C19H16N2O4. The van der Waals surface area contributed by atoms with E-state index in [1.54, 1.807) is 0 Å². The zero-order chi connectivity index (χ0) is 18.0. The molecule has 2 N–H and O–H groups in total. The van der Waals surface area contributed by atoms with Gasteiger partial charge in [0.1, 0.15) is 5.82 Å². The lowest BCUT2D eigenvalue weighted by Gasteiger charge is -2.13. The highest BCUT2D eigenvalue weighted by atomic mass is 16.4. The Hall–Kier alpha value is -3.41. The topological polar surface area (TPSA) is 92.4 Å². The van der Waals surface area contributed by atoms with E-state index in [1.165, 1.54) is 11.6 Å². The van der Waals surface area contributed by atoms with Gasteiger partial charge >= 0.3 is 5.97 Å². The number of aromatic hydroxyl groups is 1. The highest BCUT2D eigenvalue weighted by Gasteiger charge is 2.20. The van der Waals surface area contributed by atoms with Gasteiger partial charge in [-0.1, -0.05) is 54.6 Å². The molecule has 0 spiro atoms. The van der Waals surface area contributed by atoms with Crippen LogP contribution in [0.2, 0.25) is 0 Å². The van der Waals surface area contributed by atoms with Gasteiger partial charge in [-0.3, -0.25) is 9.36 Å². The molecule has 25 heavy (non-hydrogen) atoms. The van der Waals surface area contributed by atoms with Crippen molar-refractivity contribution >= 4 is 5.97 Å². The zero-order valence-corrected chi connectivity index (χ0v) is 13.5. The number of carbonyl (C=O) groups is 1. The summed E-state index contributed by atoms with van der Waals surface area (Å²) in [5.41, 5.74) is 1.48. The van der Waals surface area contributed by atoms with E-state index in [0.29, 0.717) is 0 Å². The van der Waals surface area contributed by atoms with E-state index in [9.17, 15) is 14.7 Å². The molecule has 1 aromatic heterocycles. The van der Waals surface area contributed by atoms with E-state index in [-0.39, 0.29) is 12.2 Å². The SMILES string of the molecule is Cn1c(Cc2ccccc2-c2ccccc2)nc(C(=O)O)c(O)c1=O. The fourth-order valence-electron chi connectivity index (χ4n) is 2.69. The van der Waals surface area contributed by atoms with Crippen molar-refractivity contribution in [2.24, 2.45) is 7.05 Å². The first-order chi connectivity index (χ1) is 12.0. The predicted octanol–water partition coefficient (Wildman–Crippen LogP) is 2.44. The number of aromatic carboxylic acids is 1. The van der Waals surface area contributed by atoms with Crippen LogP contribution in [-0.4, -0.2) is 25.7 Å². The third-order valence-electron chi connectivity index (χ3n) is 4.01. The van der Waals surface area contributed by atoms with Crippen LogP contribution in [0.25, 0.3) is 11.1 Å². The summed E-state index contributed by atoms with van der Waals surface area (Å²) >= 11 is 0. The van der Waals surface area contributed by atoms with Crippen LogP contribution in [0.3, 0.4) is 0 Å². The van der Waals surface area contributed by atoms with Crippen molar-refractivity contribution in [1.82, 2.24) is 9.55 Å². The Balaban J connectivity index is 2.11. The molecule has 2 aromatic carbocycles. The van der Waals surface area contributed by atoms with E-state index < -0.39 is 23.0 Å². The lowest BCUT2D eigenvalue weighted by Crippen LogP contribution is -2.25. The summed E-state index contributed by atoms with van der Waals surface area (Å²) in [6, 6.07) is 17.4. The van der Waals surface area contributed by atoms with Gasteiger partial charge in [-0.2, -0.15) is 0 Å². The second-order valence-electron chi connectivity index (χ2n) is 5.59. The molecule has 6 nitrogen and oxygen atoms in total. The normalized spacial score (nSPS) is 10.6. The molecule has 0 bridgehead atoms. The summed E-state index contributed by atoms with van der Waals surface area (Å²) < 4.78 is 1.17. The monoisotopic (exact) mass is 336 g/mol. The highest BCUT2D eigenvalue weighted by molar-refractivity contribution is 5.88. The minimum atomic E-state index is -1.44. The number of hydrogen-bond acceptors (Lipinski definition) is 4. The quantitative estimate of drug-likeness (QED) is 0.763. The molecule has 0 atom stereocenters. The van der Waals surface area contributed by atoms with Crippen molar-refractivity contribution in [3.05, 3.63) is 82.0 Å². The van der Waals surface area contributed by atoms with E-state index in [1.807, 2.05) is 54.6 Å². The van der Waals surface area contributed by atoms with Crippen LogP contribution in [0.5, 0.6) is 5.75 Å². The van der Waals surface area contributed by atoms with Crippen LogP contribution < -0.4 is 5.56 Å². The Morgan fingerprint density at radius 1 is 1.08 bits per heavy atom. The Morgan fingerprint density at radius 2 is 1.72 bits per heavy atom. The van der Waals surface area contributed by atoms with Gasteiger partial charge in [0.2, 0.25) is 5.75 Å². The molecule has 0 saturated carbocycles. The third-order valence-corrected chi connectivity index (χ3v) is 4.01. The van der Waals surface area contributed by atoms with E-state index in [4.69, 9.17) is 5.11 Å². The molecule has 6 heteroatoms. The van der Waals surface area contributed by atoms with Gasteiger partial charge in [0.05, 0.1) is 0 Å². The molecule has 1 heterocycles. The minimum absolute atomic E-state index is 0.261. The van der Waals surface area contributed by atoms with Gasteiger partial charge in [0.25, 0.3) is 5.56 Å². The predicted molar refractivity (Wildman–Crippen MR) is 92.8 cm³/mol. The molecule has 0 radical (unpaired) electrons. The van der Waals surface area contributed by atoms with Crippen LogP contribution >= 0.6 is 0 Å². The van der Waals surface area contributed by atoms with E-state index in [2.05, 4.69) is 4.98 Å². The summed E-state index contributed by atoms with van der Waals surface area (Å²) in [6.07, 6.45) is 0.261. The van der Waals surface area contributed by atoms with E-state index >= 15 is 0 Å². The maximum absolute atomic E-state index is 12.1. The number of benzene rings is 2. The van der Waals surface area contributed by atoms with Gasteiger partial charge in [-0.15, -0.1) is 0 Å². The Bertz CT molecular complexity index is 994. The largest absolute Gasteiger partial charge is 0.501 e. The van der Waals surface area contributed by atoms with Crippen LogP contribution in [0, 0.1) is 0 Å². The Labute approximate surface area is 143 Å². The first-order valence-electron chi connectivity index (χ1n) is 7.64. The molecule has 0 amide bonds. The van der Waals surface area contributed by atoms with Crippen molar-refractivity contribution in [2.75, 3.05) is 0 Å². The van der Waals surface area contributed by atoms with E-state index in [0.717, 1.165) is 16.7 Å². The van der Waals surface area contributed by atoms with Crippen LogP contribution in [0.15, 0.2) is 59.4 Å². The Kier molecular flexibility index (Phi) is 4.35. The van der Waals surface area contributed by atoms with Crippen molar-refractivity contribution in [3.8, 4) is 16.9 Å². The number of aromatic nitrogens is 2. The second-order valence-corrected chi connectivity index (χ2v) is 5.59. The van der Waals surface area contributed by atoms with Crippen molar-refractivity contribution in [3.63, 3.8) is 0 Å². The summed E-state index contributed by atoms with van der Waals surface area (Å²) in [6.45, 7) is 0. The average Bonchev–Trinajstić information content (AvgIpc) is 2.63. The van der Waals surface area contributed by atoms with Gasteiger partial charge in [0, 0.05) is 13.5 Å². The standard InChI is InChI=1S/C19H16N2O4/c1-21-15(20-16(19(24)25)17(22)18(21)23)11-13-9-5-6-10-14(13)12-7-3-2-4-8-12/h2-10,22H,11H2,1H3,(H,24,25). The minimum Gasteiger partial charge on any atom is -0.501 e. The van der Waals surface area contributed by atoms with Gasteiger partial charge in [-0.25, -0.2) is 9.78 Å². The van der Waals surface area contributed by atoms with Crippen molar-refractivity contribution in [2.45, 2.75) is 6.42 Å². The summed E-state index contributed by atoms with van der Waals surface area (Å²) in [5.74, 6) is -2.02. The molecular weight excluding hydrogens is 320 g/mol. The van der Waals surface area contributed by atoms with Crippen LogP contribution in [-0.2, 0) is 13.5 Å². The van der Waals surface area contributed by atoms with Crippen LogP contribution in [0.4, 0.5) is 0 Å². The first-order valence-corrected chi connectivity index (χ1v) is 7.64. The summed E-state index contributed by atoms with van der Waals surface area (Å²) in [4.78, 5) is 27.3. The molecule has 0 aliphatic heterocycles. The summed E-state index contributed by atoms with van der Waals surface area (Å²) in [5, 5.41) is 18.8. The van der Waals surface area contributed by atoms with Gasteiger partial charge < -0.3 is 10.2 Å². The molecule has 0 saturated heterocycles. The molecule has 0 unspecified atom stereocenters. The molecule has 0 aliphatic carbocycles. The first kappa shape index (κ1) is 16.4. The third kappa shape index (κ3) is 3.14. The number of rotatable bonds is 4. The number of hydrogen-bond donors (Lipinski definition) is 2. The number of carboxylic acids is 1. The fourth-order valence-corrected chi connectivity index (χ4v) is 2.69. The molecule has 126 valence electrons. The molecule has 0 fully saturated rings. The molecule has 0 aliphatic rings. The van der Waals surface area contributed by atoms with Gasteiger partial charge in [0.15, 0.2) is 5.69 Å². The maximum Gasteiger partial charge on any atom is 0.358 e. The number of carboxylic acid groups (broad SMARTS) is 1. The Morgan fingerprint density at radius 3 is 2.40 bits per heavy atom. The fraction of sp³-hybridized carbons (Fsp3) is 0.105. The zero-order valence-electron chi connectivity index (χ0n) is 13.5. The second kappa shape index (κ2) is 6.60. The summed E-state index contributed by atoms with van der Waals surface area (Å²) in [7, 11) is 1.46.